The van der Waals surface area contributed by atoms with E-state index in [4.69, 9.17) is 4.42 Å². The quantitative estimate of drug-likeness (QED) is 0.810. The first kappa shape index (κ1) is 17.5. The molecule has 27 heavy (non-hydrogen) atoms. The molecule has 4 rings (SSSR count). The van der Waals surface area contributed by atoms with Crippen LogP contribution in [0, 0.1) is 0 Å². The summed E-state index contributed by atoms with van der Waals surface area (Å²) in [6, 6.07) is 9.23. The van der Waals surface area contributed by atoms with E-state index in [2.05, 4.69) is 4.40 Å². The third kappa shape index (κ3) is 3.16. The molecule has 1 atom stereocenters. The molecule has 1 aromatic heterocycles. The van der Waals surface area contributed by atoms with E-state index < -0.39 is 10.0 Å². The highest BCUT2D eigenvalue weighted by atomic mass is 32.2. The van der Waals surface area contributed by atoms with Gasteiger partial charge in [-0.15, -0.1) is 4.40 Å². The number of amidine groups is 1. The van der Waals surface area contributed by atoms with Crippen molar-refractivity contribution in [2.75, 3.05) is 19.3 Å². The number of benzene rings is 1. The minimum atomic E-state index is -3.55. The van der Waals surface area contributed by atoms with E-state index in [0.29, 0.717) is 5.76 Å². The molecule has 7 nitrogen and oxygen atoms in total. The van der Waals surface area contributed by atoms with Gasteiger partial charge in [-0.1, -0.05) is 18.2 Å². The standard InChI is InChI=1S/C19H19N3O4S/c1-13(17-12-14-6-3-4-8-16(14)26-17)21(2)19(23)15-7-5-9-22-10-11-27(24,25)20-18(15)22/h3-9,12-13H,10-11H2,1-2H3. The predicted molar refractivity (Wildman–Crippen MR) is 103 cm³/mol. The molecule has 0 saturated carbocycles. The zero-order valence-electron chi connectivity index (χ0n) is 15.0. The lowest BCUT2D eigenvalue weighted by Crippen LogP contribution is -2.43. The van der Waals surface area contributed by atoms with E-state index in [1.54, 1.807) is 30.3 Å². The van der Waals surface area contributed by atoms with E-state index in [-0.39, 0.29) is 35.7 Å². The molecule has 1 aromatic carbocycles. The van der Waals surface area contributed by atoms with E-state index in [0.717, 1.165) is 11.0 Å². The van der Waals surface area contributed by atoms with Gasteiger partial charge in [0.2, 0.25) is 0 Å². The highest BCUT2D eigenvalue weighted by molar-refractivity contribution is 7.90. The Labute approximate surface area is 157 Å². The maximum absolute atomic E-state index is 13.1. The number of rotatable bonds is 3. The number of nitrogens with zero attached hydrogens (tertiary/aromatic N) is 3. The topological polar surface area (TPSA) is 83.2 Å². The van der Waals surface area contributed by atoms with E-state index in [9.17, 15) is 13.2 Å². The lowest BCUT2D eigenvalue weighted by atomic mass is 10.1. The molecule has 0 spiro atoms. The van der Waals surface area contributed by atoms with Gasteiger partial charge in [0.05, 0.1) is 17.4 Å². The van der Waals surface area contributed by atoms with Gasteiger partial charge in [0.25, 0.3) is 15.9 Å². The Morgan fingerprint density at radius 3 is 2.89 bits per heavy atom. The summed E-state index contributed by atoms with van der Waals surface area (Å²) in [7, 11) is -1.88. The Morgan fingerprint density at radius 2 is 2.11 bits per heavy atom. The van der Waals surface area contributed by atoms with Crippen LogP contribution in [0.2, 0.25) is 0 Å². The SMILES string of the molecule is CC(c1cc2ccccc2o1)N(C)C(=O)C1=CC=CN2CCS(=O)(=O)N=C12. The van der Waals surface area contributed by atoms with Gasteiger partial charge in [-0.25, -0.2) is 8.42 Å². The summed E-state index contributed by atoms with van der Waals surface area (Å²) in [5.41, 5.74) is 1.01. The lowest BCUT2D eigenvalue weighted by Gasteiger charge is -2.31. The van der Waals surface area contributed by atoms with Crippen LogP contribution in [0.4, 0.5) is 0 Å². The van der Waals surface area contributed by atoms with Gasteiger partial charge in [0.15, 0.2) is 5.84 Å². The zero-order chi connectivity index (χ0) is 19.2. The molecule has 0 radical (unpaired) electrons. The third-order valence-corrected chi connectivity index (χ3v) is 6.00. The Hall–Kier alpha value is -2.87. The van der Waals surface area contributed by atoms with Crippen LogP contribution in [0.25, 0.3) is 11.0 Å². The molecule has 0 aliphatic carbocycles. The van der Waals surface area contributed by atoms with Crippen LogP contribution in [0.1, 0.15) is 18.7 Å². The van der Waals surface area contributed by atoms with Crippen molar-refractivity contribution in [3.63, 3.8) is 0 Å². The fourth-order valence-corrected chi connectivity index (χ4v) is 4.13. The van der Waals surface area contributed by atoms with Gasteiger partial charge in [0, 0.05) is 25.2 Å². The number of hydrogen-bond donors (Lipinski definition) is 0. The van der Waals surface area contributed by atoms with Crippen LogP contribution in [-0.4, -0.2) is 49.3 Å². The summed E-state index contributed by atoms with van der Waals surface area (Å²) in [6.07, 6.45) is 5.05. The Morgan fingerprint density at radius 1 is 1.33 bits per heavy atom. The normalized spacial score (nSPS) is 19.3. The summed E-state index contributed by atoms with van der Waals surface area (Å²) < 4.78 is 33.5. The van der Waals surface area contributed by atoms with Crippen molar-refractivity contribution in [3.8, 4) is 0 Å². The lowest BCUT2D eigenvalue weighted by molar-refractivity contribution is -0.127. The number of carbonyl (C=O) groups excluding carboxylic acids is 1. The number of sulfonamides is 1. The van der Waals surface area contributed by atoms with Gasteiger partial charge in [-0.05, 0) is 31.2 Å². The number of likely N-dealkylation sites (N-methyl/N-ethyl adjacent to an activating group) is 1. The number of furan rings is 1. The zero-order valence-corrected chi connectivity index (χ0v) is 15.8. The van der Waals surface area contributed by atoms with Crippen LogP contribution in [0.3, 0.4) is 0 Å². The monoisotopic (exact) mass is 385 g/mol. The molecule has 0 N–H and O–H groups in total. The average molecular weight is 385 g/mol. The number of allylic oxidation sites excluding steroid dienone is 2. The molecule has 1 amide bonds. The third-order valence-electron chi connectivity index (χ3n) is 4.85. The van der Waals surface area contributed by atoms with E-state index >= 15 is 0 Å². The largest absolute Gasteiger partial charge is 0.459 e. The highest BCUT2D eigenvalue weighted by Gasteiger charge is 2.33. The molecule has 0 bridgehead atoms. The molecule has 1 unspecified atom stereocenters. The molecule has 0 fully saturated rings. The van der Waals surface area contributed by atoms with Gasteiger partial charge >= 0.3 is 0 Å². The van der Waals surface area contributed by atoms with E-state index in [1.807, 2.05) is 37.3 Å². The molecule has 2 aliphatic rings. The molecule has 3 heterocycles. The summed E-state index contributed by atoms with van der Waals surface area (Å²) in [5.74, 6) is 0.465. The smallest absolute Gasteiger partial charge is 0.258 e. The Bertz CT molecular complexity index is 1080. The number of fused-ring (bicyclic) bond motifs is 2. The minimum Gasteiger partial charge on any atom is -0.459 e. The van der Waals surface area contributed by atoms with Crippen molar-refractivity contribution in [2.45, 2.75) is 13.0 Å². The van der Waals surface area contributed by atoms with Crippen molar-refractivity contribution in [2.24, 2.45) is 4.40 Å². The maximum Gasteiger partial charge on any atom is 0.258 e. The van der Waals surface area contributed by atoms with Crippen molar-refractivity contribution in [1.82, 2.24) is 9.80 Å². The van der Waals surface area contributed by atoms with Gasteiger partial charge in [-0.3, -0.25) is 4.79 Å². The molecule has 8 heteroatoms. The van der Waals surface area contributed by atoms with Crippen molar-refractivity contribution in [3.05, 3.63) is 60.0 Å². The summed E-state index contributed by atoms with van der Waals surface area (Å²) in [5, 5.41) is 0.967. The predicted octanol–water partition coefficient (Wildman–Crippen LogP) is 2.45. The van der Waals surface area contributed by atoms with Crippen LogP contribution in [0.5, 0.6) is 0 Å². The number of hydrogen-bond acceptors (Lipinski definition) is 5. The average Bonchev–Trinajstić information content (AvgIpc) is 3.09. The first-order valence-corrected chi connectivity index (χ1v) is 10.2. The van der Waals surface area contributed by atoms with Crippen LogP contribution in [0.15, 0.2) is 63.1 Å². The first-order valence-electron chi connectivity index (χ1n) is 8.59. The second kappa shape index (κ2) is 6.38. The van der Waals surface area contributed by atoms with Crippen LogP contribution < -0.4 is 0 Å². The fourth-order valence-electron chi connectivity index (χ4n) is 3.15. The summed E-state index contributed by atoms with van der Waals surface area (Å²) in [4.78, 5) is 16.3. The van der Waals surface area contributed by atoms with Gasteiger partial charge in [-0.2, -0.15) is 0 Å². The molecular formula is C19H19N3O4S. The van der Waals surface area contributed by atoms with Crippen molar-refractivity contribution >= 4 is 32.7 Å². The van der Waals surface area contributed by atoms with Crippen LogP contribution >= 0.6 is 0 Å². The van der Waals surface area contributed by atoms with Crippen LogP contribution in [-0.2, 0) is 14.8 Å². The highest BCUT2D eigenvalue weighted by Crippen LogP contribution is 2.28. The summed E-state index contributed by atoms with van der Waals surface area (Å²) in [6.45, 7) is 2.15. The second-order valence-corrected chi connectivity index (χ2v) is 8.35. The minimum absolute atomic E-state index is 0.0620. The van der Waals surface area contributed by atoms with E-state index in [1.165, 1.54) is 4.90 Å². The number of carbonyl (C=O) groups is 1. The maximum atomic E-state index is 13.1. The number of para-hydroxylation sites is 1. The van der Waals surface area contributed by atoms with Crippen molar-refractivity contribution < 1.29 is 17.6 Å². The first-order chi connectivity index (χ1) is 12.9. The summed E-state index contributed by atoms with van der Waals surface area (Å²) >= 11 is 0. The molecule has 0 saturated heterocycles. The molecular weight excluding hydrogens is 366 g/mol. The Balaban J connectivity index is 1.64. The molecule has 140 valence electrons. The van der Waals surface area contributed by atoms with Gasteiger partial charge in [0.1, 0.15) is 11.3 Å². The van der Waals surface area contributed by atoms with Gasteiger partial charge < -0.3 is 14.2 Å². The van der Waals surface area contributed by atoms with Crippen molar-refractivity contribution in [1.29, 1.82) is 0 Å². The Kier molecular flexibility index (Phi) is 4.15. The fraction of sp³-hybridized carbons (Fsp3) is 0.263. The molecule has 2 aliphatic heterocycles. The second-order valence-electron chi connectivity index (χ2n) is 6.59. The molecule has 2 aromatic rings. The number of amides is 1.